The van der Waals surface area contributed by atoms with Gasteiger partial charge in [-0.3, -0.25) is 0 Å². The van der Waals surface area contributed by atoms with Gasteiger partial charge in [-0.1, -0.05) is 0 Å². The van der Waals surface area contributed by atoms with Crippen LogP contribution in [0.4, 0.5) is 10.3 Å². The number of anilines is 1. The largest absolute Gasteiger partial charge is 0.354 e. The molecule has 0 aliphatic carbocycles. The monoisotopic (exact) mass is 256 g/mol. The molecule has 0 spiro atoms. The van der Waals surface area contributed by atoms with Crippen LogP contribution in [0.5, 0.6) is 0 Å². The first-order chi connectivity index (χ1) is 9.12. The van der Waals surface area contributed by atoms with Crippen LogP contribution in [0.15, 0.2) is 24.3 Å². The third kappa shape index (κ3) is 3.05. The van der Waals surface area contributed by atoms with Gasteiger partial charge >= 0.3 is 0 Å². The molecule has 2 aromatic rings. The highest BCUT2D eigenvalue weighted by atomic mass is 19.1. The third-order valence-corrected chi connectivity index (χ3v) is 2.51. The number of nitrogens with one attached hydrogen (secondary N) is 1. The van der Waals surface area contributed by atoms with E-state index in [1.807, 2.05) is 19.9 Å². The Bertz CT molecular complexity index is 646. The maximum Gasteiger partial charge on any atom is 0.223 e. The zero-order valence-electron chi connectivity index (χ0n) is 10.7. The molecule has 1 N–H and O–H groups in total. The molecule has 19 heavy (non-hydrogen) atoms. The highest BCUT2D eigenvalue weighted by Crippen LogP contribution is 2.21. The number of aryl methyl sites for hydroxylation is 1. The van der Waals surface area contributed by atoms with Gasteiger partial charge in [0, 0.05) is 17.8 Å². The van der Waals surface area contributed by atoms with Crippen LogP contribution in [0.2, 0.25) is 0 Å². The smallest absolute Gasteiger partial charge is 0.223 e. The summed E-state index contributed by atoms with van der Waals surface area (Å²) in [5.74, 6) is 0.0515. The van der Waals surface area contributed by atoms with E-state index in [2.05, 4.69) is 15.3 Å². The minimum absolute atomic E-state index is 0.274. The average Bonchev–Trinajstić information content (AvgIpc) is 2.37. The number of nitriles is 1. The first-order valence-corrected chi connectivity index (χ1v) is 5.93. The number of hydrogen-bond acceptors (Lipinski definition) is 4. The Balaban J connectivity index is 2.52. The van der Waals surface area contributed by atoms with Crippen molar-refractivity contribution in [1.82, 2.24) is 9.97 Å². The lowest BCUT2D eigenvalue weighted by Gasteiger charge is -2.07. The van der Waals surface area contributed by atoms with Crippen LogP contribution in [-0.2, 0) is 0 Å². The lowest BCUT2D eigenvalue weighted by molar-refractivity contribution is 0.628. The first kappa shape index (κ1) is 13.0. The lowest BCUT2D eigenvalue weighted by atomic mass is 10.1. The molecule has 0 fully saturated rings. The van der Waals surface area contributed by atoms with Crippen LogP contribution in [0.1, 0.15) is 18.2 Å². The highest BCUT2D eigenvalue weighted by molar-refractivity contribution is 5.63. The van der Waals surface area contributed by atoms with Gasteiger partial charge in [0.25, 0.3) is 0 Å². The van der Waals surface area contributed by atoms with Gasteiger partial charge in [-0.25, -0.2) is 14.4 Å². The molecule has 1 aromatic heterocycles. The second-order valence-corrected chi connectivity index (χ2v) is 4.09. The maximum absolute atomic E-state index is 13.4. The summed E-state index contributed by atoms with van der Waals surface area (Å²) in [5, 5.41) is 11.9. The van der Waals surface area contributed by atoms with Crippen molar-refractivity contribution in [3.8, 4) is 17.3 Å². The number of halogens is 1. The van der Waals surface area contributed by atoms with Gasteiger partial charge in [-0.05, 0) is 38.1 Å². The normalized spacial score (nSPS) is 10.0. The fourth-order valence-corrected chi connectivity index (χ4v) is 1.76. The van der Waals surface area contributed by atoms with E-state index in [0.717, 1.165) is 5.69 Å². The summed E-state index contributed by atoms with van der Waals surface area (Å²) in [7, 11) is 0. The molecule has 0 amide bonds. The van der Waals surface area contributed by atoms with E-state index < -0.39 is 5.82 Å². The van der Waals surface area contributed by atoms with Crippen molar-refractivity contribution in [2.24, 2.45) is 0 Å². The summed E-state index contributed by atoms with van der Waals surface area (Å²) in [5.41, 5.74) is 2.22. The van der Waals surface area contributed by atoms with Crippen LogP contribution < -0.4 is 5.32 Å². The molecule has 0 atom stereocenters. The van der Waals surface area contributed by atoms with Crippen LogP contribution >= 0.6 is 0 Å². The van der Waals surface area contributed by atoms with Gasteiger partial charge in [0.15, 0.2) is 0 Å². The molecule has 96 valence electrons. The second kappa shape index (κ2) is 5.44. The molecule has 1 aromatic carbocycles. The molecular weight excluding hydrogens is 243 g/mol. The standard InChI is InChI=1S/C14H13FN4/c1-3-17-14-18-9(2)4-13(19-14)11-5-10(8-16)6-12(15)7-11/h4-7H,3H2,1-2H3,(H,17,18,19). The Morgan fingerprint density at radius 1 is 1.26 bits per heavy atom. The van der Waals surface area contributed by atoms with E-state index in [0.29, 0.717) is 23.8 Å². The Labute approximate surface area is 110 Å². The molecule has 0 saturated carbocycles. The molecule has 0 radical (unpaired) electrons. The van der Waals surface area contributed by atoms with E-state index in [1.165, 1.54) is 12.1 Å². The number of aromatic nitrogens is 2. The van der Waals surface area contributed by atoms with Gasteiger partial charge < -0.3 is 5.32 Å². The summed E-state index contributed by atoms with van der Waals surface area (Å²) in [6, 6.07) is 7.86. The fraction of sp³-hybridized carbons (Fsp3) is 0.214. The molecule has 2 rings (SSSR count). The van der Waals surface area contributed by atoms with Gasteiger partial charge in [-0.15, -0.1) is 0 Å². The van der Waals surface area contributed by atoms with Gasteiger partial charge in [0.05, 0.1) is 17.3 Å². The van der Waals surface area contributed by atoms with Crippen LogP contribution in [-0.4, -0.2) is 16.5 Å². The zero-order chi connectivity index (χ0) is 13.8. The van der Waals surface area contributed by atoms with Crippen molar-refractivity contribution in [1.29, 1.82) is 5.26 Å². The average molecular weight is 256 g/mol. The van der Waals surface area contributed by atoms with Crippen LogP contribution in [0.25, 0.3) is 11.3 Å². The number of hydrogen-bond donors (Lipinski definition) is 1. The van der Waals surface area contributed by atoms with Crippen molar-refractivity contribution < 1.29 is 4.39 Å². The molecular formula is C14H13FN4. The van der Waals surface area contributed by atoms with E-state index in [1.54, 1.807) is 12.1 Å². The van der Waals surface area contributed by atoms with E-state index in [-0.39, 0.29) is 5.56 Å². The van der Waals surface area contributed by atoms with Crippen molar-refractivity contribution >= 4 is 5.95 Å². The zero-order valence-corrected chi connectivity index (χ0v) is 10.7. The topological polar surface area (TPSA) is 61.6 Å². The lowest BCUT2D eigenvalue weighted by Crippen LogP contribution is -2.04. The summed E-state index contributed by atoms with van der Waals surface area (Å²) in [4.78, 5) is 8.54. The van der Waals surface area contributed by atoms with Crippen molar-refractivity contribution in [2.45, 2.75) is 13.8 Å². The molecule has 1 heterocycles. The Morgan fingerprint density at radius 3 is 2.74 bits per heavy atom. The predicted octanol–water partition coefficient (Wildman–Crippen LogP) is 2.89. The fourth-order valence-electron chi connectivity index (χ4n) is 1.76. The molecule has 0 saturated heterocycles. The first-order valence-electron chi connectivity index (χ1n) is 5.93. The predicted molar refractivity (Wildman–Crippen MR) is 71.0 cm³/mol. The summed E-state index contributed by atoms with van der Waals surface area (Å²) in [6.45, 7) is 4.49. The minimum atomic E-state index is -0.449. The van der Waals surface area contributed by atoms with Gasteiger partial charge in [0.2, 0.25) is 5.95 Å². The highest BCUT2D eigenvalue weighted by Gasteiger charge is 2.07. The number of benzene rings is 1. The Morgan fingerprint density at radius 2 is 2.05 bits per heavy atom. The molecule has 5 heteroatoms. The number of nitrogens with zero attached hydrogens (tertiary/aromatic N) is 3. The van der Waals surface area contributed by atoms with Crippen molar-refractivity contribution in [2.75, 3.05) is 11.9 Å². The molecule has 0 unspecified atom stereocenters. The Kier molecular flexibility index (Phi) is 3.71. The van der Waals surface area contributed by atoms with Gasteiger partial charge in [0.1, 0.15) is 5.82 Å². The minimum Gasteiger partial charge on any atom is -0.354 e. The van der Waals surface area contributed by atoms with E-state index in [9.17, 15) is 4.39 Å². The summed E-state index contributed by atoms with van der Waals surface area (Å²) in [6.07, 6.45) is 0. The third-order valence-electron chi connectivity index (χ3n) is 2.51. The van der Waals surface area contributed by atoms with E-state index >= 15 is 0 Å². The molecule has 0 aliphatic rings. The van der Waals surface area contributed by atoms with Crippen molar-refractivity contribution in [3.63, 3.8) is 0 Å². The molecule has 0 bridgehead atoms. The van der Waals surface area contributed by atoms with Crippen molar-refractivity contribution in [3.05, 3.63) is 41.3 Å². The van der Waals surface area contributed by atoms with Gasteiger partial charge in [-0.2, -0.15) is 5.26 Å². The quantitative estimate of drug-likeness (QED) is 0.917. The summed E-state index contributed by atoms with van der Waals surface area (Å²) < 4.78 is 13.4. The van der Waals surface area contributed by atoms with E-state index in [4.69, 9.17) is 5.26 Å². The number of rotatable bonds is 3. The summed E-state index contributed by atoms with van der Waals surface area (Å²) >= 11 is 0. The SMILES string of the molecule is CCNc1nc(C)cc(-c2cc(F)cc(C#N)c2)n1. The maximum atomic E-state index is 13.4. The molecule has 4 nitrogen and oxygen atoms in total. The Hall–Kier alpha value is -2.48. The molecule has 0 aliphatic heterocycles. The second-order valence-electron chi connectivity index (χ2n) is 4.09. The van der Waals surface area contributed by atoms with Crippen LogP contribution in [0, 0.1) is 24.1 Å². The van der Waals surface area contributed by atoms with Crippen LogP contribution in [0.3, 0.4) is 0 Å².